The van der Waals surface area contributed by atoms with Gasteiger partial charge in [0.15, 0.2) is 5.82 Å². The average molecular weight is 988 g/mol. The molecule has 4 aliphatic heterocycles. The minimum Gasteiger partial charge on any atom is -0.507 e. The first kappa shape index (κ1) is 49.6. The molecule has 2 atom stereocenters. The van der Waals surface area contributed by atoms with E-state index in [9.17, 15) is 19.5 Å². The van der Waals surface area contributed by atoms with Gasteiger partial charge < -0.3 is 35.8 Å². The average Bonchev–Trinajstić information content (AvgIpc) is 3.84. The number of phenolic OH excluding ortho intramolecular Hbond substituents is 1. The molecule has 7 fully saturated rings. The Bertz CT molecular complexity index is 2480. The van der Waals surface area contributed by atoms with E-state index in [1.807, 2.05) is 52.1 Å². The van der Waals surface area contributed by atoms with E-state index in [-0.39, 0.29) is 35.9 Å². The number of nitrogens with zero attached hydrogens (tertiary/aromatic N) is 7. The minimum absolute atomic E-state index is 0.0238. The van der Waals surface area contributed by atoms with Crippen LogP contribution in [0.4, 0.5) is 11.5 Å². The maximum absolute atomic E-state index is 14.2. The normalized spacial score (nSPS) is 26.8. The molecule has 3 saturated carbocycles. The highest BCUT2D eigenvalue weighted by atomic mass is 35.5. The third-order valence-corrected chi connectivity index (χ3v) is 18.3. The van der Waals surface area contributed by atoms with Crippen LogP contribution in [0.1, 0.15) is 109 Å². The number of para-hydroxylation sites is 1. The summed E-state index contributed by atoms with van der Waals surface area (Å²) in [5.74, 6) is 3.04. The number of hydrogen-bond acceptors (Lipinski definition) is 11. The van der Waals surface area contributed by atoms with Crippen molar-refractivity contribution in [1.82, 2.24) is 40.4 Å². The molecule has 3 aromatic rings. The number of hydrogen-bond donors (Lipinski definition) is 4. The van der Waals surface area contributed by atoms with Gasteiger partial charge in [-0.05, 0) is 142 Å². The van der Waals surface area contributed by atoms with Crippen LogP contribution in [-0.4, -0.2) is 149 Å². The van der Waals surface area contributed by atoms with E-state index in [2.05, 4.69) is 57.7 Å². The molecule has 7 aliphatic rings. The number of halogens is 1. The van der Waals surface area contributed by atoms with Crippen LogP contribution in [0.3, 0.4) is 0 Å². The molecule has 3 aliphatic carbocycles. The standard InChI is InChI=1S/C56H75ClN10O4/c1-6-37-13-14-39(44(57)28-37)34-59-52(70)46-11-9-21-67(46)53(71)49(54(2,3)4)60-51(69)38-15-19-55(20-16-38)30-41(31-55)63-22-17-40(18-23-63)66-35-56(36-66)32-42(33-56)64-24-26-65(27-25-64)47-29-45(61-62-50(47)58-5)43-10-7-8-12-48(43)68/h1,7-8,10,12-14,28-29,38,40-42,46,49,68H,9,11,15-27,30-36H2,2-5H3,(H,58,62)(H,59,70)(H,60,69). The highest BCUT2D eigenvalue weighted by molar-refractivity contribution is 6.31. The summed E-state index contributed by atoms with van der Waals surface area (Å²) >= 11 is 6.42. The van der Waals surface area contributed by atoms with Crippen LogP contribution in [0.2, 0.25) is 5.02 Å². The molecule has 0 radical (unpaired) electrons. The molecule has 0 bridgehead atoms. The maximum atomic E-state index is 14.2. The van der Waals surface area contributed by atoms with Gasteiger partial charge in [0, 0.05) is 99.6 Å². The smallest absolute Gasteiger partial charge is 0.246 e. The molecule has 1 aromatic heterocycles. The fourth-order valence-electron chi connectivity index (χ4n) is 13.7. The first-order chi connectivity index (χ1) is 34.1. The molecule has 2 spiro atoms. The summed E-state index contributed by atoms with van der Waals surface area (Å²) in [5.41, 5.74) is 4.20. The maximum Gasteiger partial charge on any atom is 0.246 e. The van der Waals surface area contributed by atoms with Crippen LogP contribution in [0, 0.1) is 34.5 Å². The molecule has 2 unspecified atom stereocenters. The van der Waals surface area contributed by atoms with Crippen LogP contribution in [0.5, 0.6) is 5.75 Å². The Balaban J connectivity index is 0.626. The number of piperidine rings is 1. The van der Waals surface area contributed by atoms with Crippen molar-refractivity contribution in [2.75, 3.05) is 76.2 Å². The molecular weight excluding hydrogens is 912 g/mol. The molecule has 71 heavy (non-hydrogen) atoms. The Morgan fingerprint density at radius 2 is 1.49 bits per heavy atom. The third-order valence-electron chi connectivity index (χ3n) is 18.0. The molecule has 5 heterocycles. The first-order valence-electron chi connectivity index (χ1n) is 26.6. The molecule has 3 amide bonds. The van der Waals surface area contributed by atoms with Gasteiger partial charge in [-0.15, -0.1) is 16.6 Å². The van der Waals surface area contributed by atoms with Crippen molar-refractivity contribution in [3.8, 4) is 29.4 Å². The van der Waals surface area contributed by atoms with Crippen molar-refractivity contribution in [1.29, 1.82) is 0 Å². The lowest BCUT2D eigenvalue weighted by molar-refractivity contribution is -0.145. The number of rotatable bonds is 12. The van der Waals surface area contributed by atoms with Crippen LogP contribution >= 0.6 is 11.6 Å². The second kappa shape index (κ2) is 20.2. The highest BCUT2D eigenvalue weighted by Gasteiger charge is 2.56. The van der Waals surface area contributed by atoms with E-state index in [1.54, 1.807) is 23.1 Å². The van der Waals surface area contributed by atoms with Crippen molar-refractivity contribution < 1.29 is 19.5 Å². The van der Waals surface area contributed by atoms with Gasteiger partial charge in [0.1, 0.15) is 17.8 Å². The van der Waals surface area contributed by atoms with Crippen LogP contribution in [0.25, 0.3) is 11.3 Å². The fourth-order valence-corrected chi connectivity index (χ4v) is 13.9. The number of likely N-dealkylation sites (tertiary alicyclic amines) is 3. The number of carbonyl (C=O) groups excluding carboxylic acids is 3. The number of nitrogens with one attached hydrogen (secondary N) is 3. The predicted octanol–water partition coefficient (Wildman–Crippen LogP) is 6.75. The summed E-state index contributed by atoms with van der Waals surface area (Å²) < 4.78 is 0. The van der Waals surface area contributed by atoms with Crippen LogP contribution in [-0.2, 0) is 20.9 Å². The Hall–Kier alpha value is -4.94. The first-order valence-corrected chi connectivity index (χ1v) is 27.0. The molecule has 380 valence electrons. The van der Waals surface area contributed by atoms with Crippen LogP contribution in [0.15, 0.2) is 48.5 Å². The van der Waals surface area contributed by atoms with E-state index in [1.165, 1.54) is 64.7 Å². The summed E-state index contributed by atoms with van der Waals surface area (Å²) in [5, 5.41) is 29.2. The van der Waals surface area contributed by atoms with Crippen LogP contribution < -0.4 is 20.9 Å². The fraction of sp³-hybridized carbons (Fsp3) is 0.625. The molecule has 4 N–H and O–H groups in total. The minimum atomic E-state index is -0.723. The van der Waals surface area contributed by atoms with Crippen molar-refractivity contribution in [2.24, 2.45) is 22.2 Å². The van der Waals surface area contributed by atoms with Crippen molar-refractivity contribution >= 4 is 40.8 Å². The highest BCUT2D eigenvalue weighted by Crippen LogP contribution is 2.56. The van der Waals surface area contributed by atoms with E-state index in [0.717, 1.165) is 75.4 Å². The number of phenols is 1. The molecule has 15 heteroatoms. The summed E-state index contributed by atoms with van der Waals surface area (Å²) in [6.45, 7) is 15.6. The monoisotopic (exact) mass is 987 g/mol. The molecule has 4 saturated heterocycles. The zero-order valence-corrected chi connectivity index (χ0v) is 43.2. The Kier molecular flexibility index (Phi) is 14.1. The second-order valence-corrected chi connectivity index (χ2v) is 23.9. The van der Waals surface area contributed by atoms with Gasteiger partial charge >= 0.3 is 0 Å². The lowest BCUT2D eigenvalue weighted by atomic mass is 9.56. The largest absolute Gasteiger partial charge is 0.507 e. The van der Waals surface area contributed by atoms with E-state index < -0.39 is 17.5 Å². The number of anilines is 2. The van der Waals surface area contributed by atoms with Crippen molar-refractivity contribution in [3.63, 3.8) is 0 Å². The third kappa shape index (κ3) is 10.2. The van der Waals surface area contributed by atoms with E-state index in [0.29, 0.717) is 63.8 Å². The Morgan fingerprint density at radius 3 is 2.14 bits per heavy atom. The van der Waals surface area contributed by atoms with Gasteiger partial charge in [0.05, 0.1) is 11.4 Å². The molecule has 2 aromatic carbocycles. The Labute approximate surface area is 426 Å². The van der Waals surface area contributed by atoms with Gasteiger partial charge in [-0.25, -0.2) is 0 Å². The van der Waals surface area contributed by atoms with E-state index in [4.69, 9.17) is 18.0 Å². The van der Waals surface area contributed by atoms with Gasteiger partial charge in [0.2, 0.25) is 17.7 Å². The van der Waals surface area contributed by atoms with Gasteiger partial charge in [-0.2, -0.15) is 0 Å². The molecular formula is C56H75ClN10O4. The lowest BCUT2D eigenvalue weighted by Gasteiger charge is -2.64. The summed E-state index contributed by atoms with van der Waals surface area (Å²) in [7, 11) is 1.89. The van der Waals surface area contributed by atoms with Crippen molar-refractivity contribution in [3.05, 3.63) is 64.7 Å². The number of aromatic hydroxyl groups is 1. The van der Waals surface area contributed by atoms with Gasteiger partial charge in [0.25, 0.3) is 0 Å². The second-order valence-electron chi connectivity index (χ2n) is 23.5. The van der Waals surface area contributed by atoms with Gasteiger partial charge in [-0.3, -0.25) is 24.2 Å². The van der Waals surface area contributed by atoms with Crippen molar-refractivity contribution in [2.45, 2.75) is 135 Å². The number of carbonyl (C=O) groups is 3. The lowest BCUT2D eigenvalue weighted by Crippen LogP contribution is -2.70. The number of aromatic nitrogens is 2. The number of terminal acetylenes is 1. The predicted molar refractivity (Wildman–Crippen MR) is 279 cm³/mol. The molecule has 14 nitrogen and oxygen atoms in total. The zero-order valence-electron chi connectivity index (χ0n) is 42.4. The quantitative estimate of drug-likeness (QED) is 0.143. The summed E-state index contributed by atoms with van der Waals surface area (Å²) in [6.07, 6.45) is 18.4. The van der Waals surface area contributed by atoms with E-state index >= 15 is 0 Å². The summed E-state index contributed by atoms with van der Waals surface area (Å²) in [6, 6.07) is 15.4. The zero-order chi connectivity index (χ0) is 49.7. The molecule has 10 rings (SSSR count). The van der Waals surface area contributed by atoms with Gasteiger partial charge in [-0.1, -0.05) is 56.5 Å². The number of piperazine rings is 1. The SMILES string of the molecule is C#Cc1ccc(CNC(=O)C2CCCN2C(=O)C(NC(=O)C2CCC3(CC2)CC(N2CCC(N4CC5(CC(N6CCN(c7cc(-c8ccccc8O)nnc7NC)CC6)C5)C4)CC2)C3)C(C)(C)C)c(Cl)c1. The number of amides is 3. The number of benzene rings is 2. The summed E-state index contributed by atoms with van der Waals surface area (Å²) in [4.78, 5) is 54.0. The Morgan fingerprint density at radius 1 is 0.817 bits per heavy atom. The topological polar surface area (TPSA) is 150 Å².